The van der Waals surface area contributed by atoms with Crippen LogP contribution in [-0.2, 0) is 64.0 Å². The molecule has 32 heteroatoms. The van der Waals surface area contributed by atoms with Gasteiger partial charge < -0.3 is 105 Å². The third-order valence-electron chi connectivity index (χ3n) is 11.6. The molecule has 0 saturated carbocycles. The highest BCUT2D eigenvalue weighted by Crippen LogP contribution is 2.19. The number of aliphatic hydroxyl groups excluding tert-OH is 6. The number of phenolic OH excluding ortho intramolecular Hbond substituents is 1. The van der Waals surface area contributed by atoms with Crippen molar-refractivity contribution in [2.45, 2.75) is 131 Å². The van der Waals surface area contributed by atoms with Crippen molar-refractivity contribution in [1.82, 2.24) is 47.4 Å². The Kier molecular flexibility index (Phi) is 26.6. The van der Waals surface area contributed by atoms with E-state index in [-0.39, 0.29) is 43.5 Å². The number of benzene rings is 1. The highest BCUT2D eigenvalue weighted by atomic mass is 16.4. The molecule has 1 aliphatic heterocycles. The second-order valence-electron chi connectivity index (χ2n) is 17.6. The standard InChI is InChI=1S/C44H68N12O20/c1-19(61)33(42(73)55-34(20(2)62)44(75)76)54-40(71)28(17-59)52-41(72)30-4-3-13-56(30)43(74)29(18-60)53-39(70)27(16-58)51-37(68)25(14-21-5-7-22(63)8-6-21)49-38(69)26(15-57)50-36(67)24(10-12-32(47)65)48-35(66)23(45)9-11-31(46)64/h5-8,19-20,23-30,33-34,57-63H,3-4,9-18,45H2,1-2H3,(H2,46,64)(H2,47,65)(H,48,66)(H,49,69)(H,50,67)(H,51,68)(H,52,72)(H,53,70)(H,54,71)(H,55,73)(H,75,76)/t19-,20-,23+,24+,25+,26+,27+,28+,29+,30+,33+,34+/m1/s1. The van der Waals surface area contributed by atoms with Gasteiger partial charge in [-0.3, -0.25) is 52.7 Å². The summed E-state index contributed by atoms with van der Waals surface area (Å²) in [4.78, 5) is 155. The molecular weight excluding hydrogens is 1020 g/mol. The highest BCUT2D eigenvalue weighted by Gasteiger charge is 2.41. The number of carboxylic acids is 1. The van der Waals surface area contributed by atoms with Crippen molar-refractivity contribution in [1.29, 1.82) is 0 Å². The summed E-state index contributed by atoms with van der Waals surface area (Å²) in [6.07, 6.45) is -4.96. The molecule has 12 atom stereocenters. The lowest BCUT2D eigenvalue weighted by molar-refractivity contribution is -0.146. The molecule has 1 fully saturated rings. The first-order valence-corrected chi connectivity index (χ1v) is 23.6. The van der Waals surface area contributed by atoms with Crippen molar-refractivity contribution in [3.8, 4) is 5.75 Å². The summed E-state index contributed by atoms with van der Waals surface area (Å²) in [6, 6.07) is -12.1. The van der Waals surface area contributed by atoms with E-state index in [0.717, 1.165) is 18.7 Å². The molecule has 76 heavy (non-hydrogen) atoms. The third-order valence-corrected chi connectivity index (χ3v) is 11.6. The number of amides is 11. The summed E-state index contributed by atoms with van der Waals surface area (Å²) < 4.78 is 0. The largest absolute Gasteiger partial charge is 0.508 e. The van der Waals surface area contributed by atoms with Gasteiger partial charge in [0.2, 0.25) is 65.0 Å². The zero-order chi connectivity index (χ0) is 57.6. The van der Waals surface area contributed by atoms with Crippen LogP contribution in [0.2, 0.25) is 0 Å². The summed E-state index contributed by atoms with van der Waals surface area (Å²) in [7, 11) is 0. The Hall–Kier alpha value is -7.62. The monoisotopic (exact) mass is 1080 g/mol. The van der Waals surface area contributed by atoms with E-state index < -0.39 is 189 Å². The predicted octanol–water partition coefficient (Wildman–Crippen LogP) is -10.5. The van der Waals surface area contributed by atoms with E-state index in [1.54, 1.807) is 0 Å². The first-order chi connectivity index (χ1) is 35.7. The van der Waals surface area contributed by atoms with E-state index in [1.165, 1.54) is 24.3 Å². The van der Waals surface area contributed by atoms with Crippen molar-refractivity contribution in [2.24, 2.45) is 17.2 Å². The Morgan fingerprint density at radius 3 is 1.47 bits per heavy atom. The van der Waals surface area contributed by atoms with E-state index in [2.05, 4.69) is 37.2 Å². The molecule has 1 aromatic rings. The van der Waals surface area contributed by atoms with Crippen LogP contribution in [0.25, 0.3) is 0 Å². The number of primary amides is 2. The van der Waals surface area contributed by atoms with Gasteiger partial charge in [-0.25, -0.2) is 4.79 Å². The van der Waals surface area contributed by atoms with Crippen LogP contribution in [0.1, 0.15) is 57.9 Å². The topological polar surface area (TPSA) is 544 Å². The molecule has 1 aliphatic rings. The molecule has 2 rings (SSSR count). The van der Waals surface area contributed by atoms with Crippen LogP contribution in [-0.4, -0.2) is 222 Å². The van der Waals surface area contributed by atoms with Crippen molar-refractivity contribution in [3.05, 3.63) is 29.8 Å². The number of carbonyl (C=O) groups excluding carboxylic acids is 11. The molecule has 22 N–H and O–H groups in total. The Morgan fingerprint density at radius 2 is 0.987 bits per heavy atom. The molecule has 1 saturated heterocycles. The molecule has 0 radical (unpaired) electrons. The molecule has 0 spiro atoms. The number of aliphatic hydroxyl groups is 6. The lowest BCUT2D eigenvalue weighted by Gasteiger charge is -2.30. The van der Waals surface area contributed by atoms with Gasteiger partial charge in [0.05, 0.1) is 44.7 Å². The molecule has 0 aromatic heterocycles. The van der Waals surface area contributed by atoms with E-state index in [9.17, 15) is 98.4 Å². The van der Waals surface area contributed by atoms with Gasteiger partial charge in [-0.2, -0.15) is 0 Å². The second-order valence-corrected chi connectivity index (χ2v) is 17.6. The van der Waals surface area contributed by atoms with E-state index in [4.69, 9.17) is 17.2 Å². The Bertz CT molecular complexity index is 2240. The van der Waals surface area contributed by atoms with E-state index >= 15 is 0 Å². The number of rotatable bonds is 32. The van der Waals surface area contributed by atoms with Crippen LogP contribution in [0.4, 0.5) is 0 Å². The molecule has 0 unspecified atom stereocenters. The van der Waals surface area contributed by atoms with E-state index in [0.29, 0.717) is 0 Å². The molecule has 11 amide bonds. The van der Waals surface area contributed by atoms with Gasteiger partial charge >= 0.3 is 5.97 Å². The zero-order valence-corrected chi connectivity index (χ0v) is 41.4. The predicted molar refractivity (Wildman–Crippen MR) is 256 cm³/mol. The number of aliphatic carboxylic acids is 1. The Balaban J connectivity index is 2.26. The fraction of sp³-hybridized carbons (Fsp3) is 0.591. The first-order valence-electron chi connectivity index (χ1n) is 23.6. The van der Waals surface area contributed by atoms with Gasteiger partial charge in [0, 0.05) is 25.8 Å². The van der Waals surface area contributed by atoms with Crippen molar-refractivity contribution in [3.63, 3.8) is 0 Å². The summed E-state index contributed by atoms with van der Waals surface area (Å²) in [5.41, 5.74) is 16.4. The van der Waals surface area contributed by atoms with Crippen molar-refractivity contribution in [2.75, 3.05) is 33.0 Å². The van der Waals surface area contributed by atoms with Gasteiger partial charge in [0.1, 0.15) is 54.1 Å². The number of nitrogens with one attached hydrogen (secondary N) is 8. The van der Waals surface area contributed by atoms with Crippen molar-refractivity contribution >= 4 is 70.9 Å². The number of nitrogens with two attached hydrogens (primary N) is 3. The summed E-state index contributed by atoms with van der Waals surface area (Å²) in [5, 5.41) is 97.0. The summed E-state index contributed by atoms with van der Waals surface area (Å²) in [5.74, 6) is -13.9. The Labute approximate surface area is 433 Å². The molecule has 424 valence electrons. The number of hydrogen-bond acceptors (Lipinski definition) is 20. The average molecular weight is 1090 g/mol. The van der Waals surface area contributed by atoms with E-state index in [1.807, 2.05) is 5.32 Å². The van der Waals surface area contributed by atoms with Crippen LogP contribution in [0.15, 0.2) is 24.3 Å². The van der Waals surface area contributed by atoms with Gasteiger partial charge in [-0.1, -0.05) is 12.1 Å². The minimum atomic E-state index is -1.93. The highest BCUT2D eigenvalue weighted by molar-refractivity contribution is 5.99. The normalized spacial score (nSPS) is 17.4. The van der Waals surface area contributed by atoms with Gasteiger partial charge in [0.25, 0.3) is 0 Å². The number of hydrogen-bond donors (Lipinski definition) is 19. The lowest BCUT2D eigenvalue weighted by atomic mass is 10.0. The number of likely N-dealkylation sites (tertiary alicyclic amines) is 1. The minimum absolute atomic E-state index is 0.0524. The number of phenols is 1. The smallest absolute Gasteiger partial charge is 0.328 e. The lowest BCUT2D eigenvalue weighted by Crippen LogP contribution is -2.62. The summed E-state index contributed by atoms with van der Waals surface area (Å²) in [6.45, 7) is -2.54. The third kappa shape index (κ3) is 20.2. The molecule has 0 bridgehead atoms. The van der Waals surface area contributed by atoms with Crippen LogP contribution in [0.3, 0.4) is 0 Å². The molecule has 1 aromatic carbocycles. The number of carboxylic acid groups (broad SMARTS) is 1. The number of carbonyl (C=O) groups is 12. The molecule has 32 nitrogen and oxygen atoms in total. The fourth-order valence-corrected chi connectivity index (χ4v) is 7.26. The van der Waals surface area contributed by atoms with Gasteiger partial charge in [-0.05, 0) is 57.2 Å². The number of aromatic hydroxyl groups is 1. The van der Waals surface area contributed by atoms with Crippen LogP contribution < -0.4 is 59.7 Å². The maximum Gasteiger partial charge on any atom is 0.328 e. The van der Waals surface area contributed by atoms with Crippen LogP contribution >= 0.6 is 0 Å². The minimum Gasteiger partial charge on any atom is -0.508 e. The zero-order valence-electron chi connectivity index (χ0n) is 41.4. The summed E-state index contributed by atoms with van der Waals surface area (Å²) >= 11 is 0. The molecular formula is C44H68N12O20. The van der Waals surface area contributed by atoms with Crippen LogP contribution in [0, 0.1) is 0 Å². The molecule has 0 aliphatic carbocycles. The average Bonchev–Trinajstić information content (AvgIpc) is 3.86. The number of nitrogens with zero attached hydrogens (tertiary/aromatic N) is 1. The van der Waals surface area contributed by atoms with Gasteiger partial charge in [-0.15, -0.1) is 0 Å². The van der Waals surface area contributed by atoms with Crippen LogP contribution in [0.5, 0.6) is 5.75 Å². The molecule has 1 heterocycles. The SMILES string of the molecule is C[C@@H](O)[C@H](NC(=O)[C@@H](NC(=O)[C@H](CO)NC(=O)[C@@H]1CCCN1C(=O)[C@H](CO)NC(=O)[C@H](CO)NC(=O)[C@H](Cc1ccc(O)cc1)NC(=O)[C@H](CO)NC(=O)[C@H](CCC(N)=O)NC(=O)[C@@H](N)CCC(N)=O)[C@@H](C)O)C(=O)O. The van der Waals surface area contributed by atoms with Crippen molar-refractivity contribution < 1.29 is 98.4 Å². The maximum absolute atomic E-state index is 13.9. The quantitative estimate of drug-likeness (QED) is 0.0319. The first kappa shape index (κ1) is 64.5. The second kappa shape index (κ2) is 31.3. The maximum atomic E-state index is 13.9. The fourth-order valence-electron chi connectivity index (χ4n) is 7.26. The Morgan fingerprint density at radius 1 is 0.566 bits per heavy atom. The van der Waals surface area contributed by atoms with Gasteiger partial charge in [0.15, 0.2) is 6.04 Å².